The maximum absolute atomic E-state index is 13.8. The van der Waals surface area contributed by atoms with Gasteiger partial charge in [0, 0.05) is 11.8 Å². The Morgan fingerprint density at radius 2 is 2.17 bits per heavy atom. The summed E-state index contributed by atoms with van der Waals surface area (Å²) in [5.74, 6) is 0.791. The first-order valence-electron chi connectivity index (χ1n) is 7.48. The number of hydrogen-bond donors (Lipinski definition) is 2. The largest absolute Gasteiger partial charge is 0.478 e. The van der Waals surface area contributed by atoms with Gasteiger partial charge >= 0.3 is 0 Å². The van der Waals surface area contributed by atoms with E-state index in [-0.39, 0.29) is 5.02 Å². The van der Waals surface area contributed by atoms with E-state index < -0.39 is 5.82 Å². The van der Waals surface area contributed by atoms with Gasteiger partial charge in [0.05, 0.1) is 18.2 Å². The van der Waals surface area contributed by atoms with E-state index in [2.05, 4.69) is 21.2 Å². The molecular weight excluding hydrogens is 333 g/mol. The maximum atomic E-state index is 13.8. The van der Waals surface area contributed by atoms with Gasteiger partial charge in [0.2, 0.25) is 5.88 Å². The van der Waals surface area contributed by atoms with Crippen LogP contribution in [0.5, 0.6) is 5.88 Å². The van der Waals surface area contributed by atoms with Crippen LogP contribution in [0.4, 0.5) is 4.39 Å². The van der Waals surface area contributed by atoms with Gasteiger partial charge in [-0.25, -0.2) is 14.9 Å². The lowest BCUT2D eigenvalue weighted by Gasteiger charge is -2.18. The molecule has 8 heteroatoms. The summed E-state index contributed by atoms with van der Waals surface area (Å²) in [7, 11) is 0. The Balaban J connectivity index is 1.96. The monoisotopic (exact) mass is 349 g/mol. The maximum Gasteiger partial charge on any atom is 0.221 e. The predicted molar refractivity (Wildman–Crippen MR) is 90.7 cm³/mol. The van der Waals surface area contributed by atoms with Crippen LogP contribution in [-0.4, -0.2) is 22.4 Å². The number of halogens is 2. The zero-order chi connectivity index (χ0) is 17.1. The van der Waals surface area contributed by atoms with Crippen molar-refractivity contribution in [1.82, 2.24) is 21.1 Å². The molecule has 0 amide bonds. The van der Waals surface area contributed by atoms with Crippen LogP contribution in [0.3, 0.4) is 0 Å². The lowest BCUT2D eigenvalue weighted by Crippen LogP contribution is -2.39. The molecule has 3 rings (SSSR count). The molecule has 1 aliphatic rings. The van der Waals surface area contributed by atoms with Gasteiger partial charge in [0.15, 0.2) is 0 Å². The van der Waals surface area contributed by atoms with Crippen molar-refractivity contribution in [2.24, 2.45) is 5.10 Å². The number of hydrazine groups is 2. The lowest BCUT2D eigenvalue weighted by atomic mass is 10.0. The highest BCUT2D eigenvalue weighted by molar-refractivity contribution is 6.30. The van der Waals surface area contributed by atoms with Gasteiger partial charge in [-0.15, -0.1) is 10.6 Å². The van der Waals surface area contributed by atoms with Crippen LogP contribution in [-0.2, 0) is 6.54 Å². The first-order chi connectivity index (χ1) is 11.6. The summed E-state index contributed by atoms with van der Waals surface area (Å²) in [5, 5.41) is 5.95. The van der Waals surface area contributed by atoms with E-state index in [1.54, 1.807) is 12.3 Å². The zero-order valence-corrected chi connectivity index (χ0v) is 14.1. The average Bonchev–Trinajstić information content (AvgIpc) is 2.97. The molecule has 2 heterocycles. The Kier molecular flexibility index (Phi) is 4.82. The highest BCUT2D eigenvalue weighted by Gasteiger charge is 2.16. The van der Waals surface area contributed by atoms with E-state index >= 15 is 0 Å². The molecule has 0 atom stereocenters. The van der Waals surface area contributed by atoms with Crippen LogP contribution in [0.15, 0.2) is 35.6 Å². The quantitative estimate of drug-likeness (QED) is 0.868. The Bertz CT molecular complexity index is 783. The minimum absolute atomic E-state index is 0.0833. The van der Waals surface area contributed by atoms with Gasteiger partial charge in [-0.2, -0.15) is 0 Å². The molecule has 0 bridgehead atoms. The van der Waals surface area contributed by atoms with E-state index in [1.165, 1.54) is 12.1 Å². The number of ether oxygens (including phenoxy) is 1. The fraction of sp³-hybridized carbons (Fsp3) is 0.250. The second kappa shape index (κ2) is 7.02. The number of amidine groups is 1. The van der Waals surface area contributed by atoms with E-state index in [0.717, 1.165) is 11.4 Å². The predicted octanol–water partition coefficient (Wildman–Crippen LogP) is 3.10. The Morgan fingerprint density at radius 3 is 2.83 bits per heavy atom. The number of hydrazone groups is 1. The van der Waals surface area contributed by atoms with Crippen LogP contribution >= 0.6 is 11.6 Å². The summed E-state index contributed by atoms with van der Waals surface area (Å²) < 4.78 is 19.4. The fourth-order valence-corrected chi connectivity index (χ4v) is 2.47. The van der Waals surface area contributed by atoms with Crippen molar-refractivity contribution in [1.29, 1.82) is 0 Å². The summed E-state index contributed by atoms with van der Waals surface area (Å²) in [6.45, 7) is 4.77. The molecule has 6 nitrogen and oxygen atoms in total. The third-order valence-corrected chi connectivity index (χ3v) is 3.86. The van der Waals surface area contributed by atoms with Crippen molar-refractivity contribution >= 4 is 17.4 Å². The number of hydrogen-bond acceptors (Lipinski definition) is 6. The van der Waals surface area contributed by atoms with Crippen molar-refractivity contribution in [2.75, 3.05) is 6.61 Å². The fourth-order valence-electron chi connectivity index (χ4n) is 2.35. The van der Waals surface area contributed by atoms with Crippen molar-refractivity contribution in [3.8, 4) is 17.0 Å². The molecule has 0 spiro atoms. The number of aromatic nitrogens is 1. The molecule has 0 fully saturated rings. The first kappa shape index (κ1) is 16.5. The molecule has 126 valence electrons. The molecular formula is C16H17ClFN5O. The number of rotatable bonds is 5. The number of benzene rings is 1. The zero-order valence-electron chi connectivity index (χ0n) is 13.3. The molecule has 0 unspecified atom stereocenters. The molecule has 2 aromatic rings. The van der Waals surface area contributed by atoms with Crippen molar-refractivity contribution < 1.29 is 9.13 Å². The lowest BCUT2D eigenvalue weighted by molar-refractivity contribution is 0.285. The SMILES string of the molecule is CCOc1ncc(CN2NNN=C2C)cc1-c1ccc(Cl)c(F)c1. The number of nitrogens with zero attached hydrogens (tertiary/aromatic N) is 3. The average molecular weight is 350 g/mol. The second-order valence-electron chi connectivity index (χ2n) is 5.23. The summed E-state index contributed by atoms with van der Waals surface area (Å²) in [5.41, 5.74) is 7.90. The first-order valence-corrected chi connectivity index (χ1v) is 7.86. The Hall–Kier alpha value is -2.38. The third-order valence-electron chi connectivity index (χ3n) is 3.55. The minimum Gasteiger partial charge on any atom is -0.478 e. The third kappa shape index (κ3) is 3.42. The normalized spacial score (nSPS) is 13.7. The summed E-state index contributed by atoms with van der Waals surface area (Å²) in [4.78, 5) is 4.37. The van der Waals surface area contributed by atoms with Gasteiger partial charge in [0.25, 0.3) is 0 Å². The minimum atomic E-state index is -0.476. The van der Waals surface area contributed by atoms with E-state index in [4.69, 9.17) is 16.3 Å². The molecule has 0 saturated heterocycles. The van der Waals surface area contributed by atoms with E-state index in [9.17, 15) is 4.39 Å². The molecule has 0 aliphatic carbocycles. The van der Waals surface area contributed by atoms with Crippen LogP contribution in [0.25, 0.3) is 11.1 Å². The number of pyridine rings is 1. The Labute approximate surface area is 144 Å². The molecule has 1 aromatic carbocycles. The molecule has 1 aliphatic heterocycles. The van der Waals surface area contributed by atoms with E-state index in [0.29, 0.717) is 30.2 Å². The van der Waals surface area contributed by atoms with Gasteiger partial charge < -0.3 is 4.74 Å². The molecule has 0 radical (unpaired) electrons. The van der Waals surface area contributed by atoms with Crippen molar-refractivity contribution in [3.05, 3.63) is 46.9 Å². The molecule has 24 heavy (non-hydrogen) atoms. The van der Waals surface area contributed by atoms with E-state index in [1.807, 2.05) is 24.9 Å². The van der Waals surface area contributed by atoms with Gasteiger partial charge in [-0.3, -0.25) is 5.01 Å². The highest BCUT2D eigenvalue weighted by Crippen LogP contribution is 2.31. The molecule has 0 saturated carbocycles. The Morgan fingerprint density at radius 1 is 1.33 bits per heavy atom. The second-order valence-corrected chi connectivity index (χ2v) is 5.63. The van der Waals surface area contributed by atoms with Crippen LogP contribution in [0.1, 0.15) is 19.4 Å². The van der Waals surface area contributed by atoms with Crippen molar-refractivity contribution in [2.45, 2.75) is 20.4 Å². The van der Waals surface area contributed by atoms with Gasteiger partial charge in [0.1, 0.15) is 11.7 Å². The van der Waals surface area contributed by atoms with Crippen LogP contribution in [0, 0.1) is 5.82 Å². The molecule has 2 N–H and O–H groups in total. The molecule has 1 aromatic heterocycles. The summed E-state index contributed by atoms with van der Waals surface area (Å²) >= 11 is 5.77. The summed E-state index contributed by atoms with van der Waals surface area (Å²) in [6, 6.07) is 6.58. The van der Waals surface area contributed by atoms with Gasteiger partial charge in [-0.05, 0) is 43.2 Å². The summed E-state index contributed by atoms with van der Waals surface area (Å²) in [6.07, 6.45) is 1.73. The van der Waals surface area contributed by atoms with Crippen LogP contribution in [0.2, 0.25) is 5.02 Å². The standard InChI is InChI=1S/C16H17ClFN5O/c1-3-24-16-13(12-4-5-14(17)15(18)7-12)6-11(8-19-16)9-23-10(2)20-21-22-23/h4-8,21-22H,3,9H2,1-2H3. The topological polar surface area (TPSA) is 61.8 Å². The van der Waals surface area contributed by atoms with Gasteiger partial charge in [-0.1, -0.05) is 17.7 Å². The smallest absolute Gasteiger partial charge is 0.221 e. The number of nitrogens with one attached hydrogen (secondary N) is 2. The van der Waals surface area contributed by atoms with Crippen LogP contribution < -0.4 is 15.8 Å². The highest BCUT2D eigenvalue weighted by atomic mass is 35.5. The van der Waals surface area contributed by atoms with Crippen molar-refractivity contribution in [3.63, 3.8) is 0 Å².